The molecule has 0 saturated carbocycles. The summed E-state index contributed by atoms with van der Waals surface area (Å²) < 4.78 is 26.1. The van der Waals surface area contributed by atoms with Crippen LogP contribution in [0.4, 0.5) is 0 Å². The molecule has 0 spiro atoms. The van der Waals surface area contributed by atoms with Gasteiger partial charge in [-0.25, -0.2) is 8.42 Å². The van der Waals surface area contributed by atoms with Crippen molar-refractivity contribution in [3.05, 3.63) is 29.8 Å². The Bertz CT molecular complexity index is 584. The zero-order valence-corrected chi connectivity index (χ0v) is 15.4. The second-order valence-corrected chi connectivity index (χ2v) is 7.13. The van der Waals surface area contributed by atoms with E-state index in [4.69, 9.17) is 5.73 Å². The fourth-order valence-electron chi connectivity index (χ4n) is 2.06. The molecule has 1 rings (SSSR count). The Morgan fingerprint density at radius 3 is 2.17 bits per heavy atom. The first-order valence-electron chi connectivity index (χ1n) is 7.42. The summed E-state index contributed by atoms with van der Waals surface area (Å²) in [6.45, 7) is 6.62. The highest BCUT2D eigenvalue weighted by Gasteiger charge is 2.21. The third-order valence-corrected chi connectivity index (χ3v) is 5.33. The van der Waals surface area contributed by atoms with E-state index in [1.54, 1.807) is 31.2 Å². The molecule has 1 amide bonds. The fraction of sp³-hybridized carbons (Fsp3) is 0.533. The van der Waals surface area contributed by atoms with E-state index in [9.17, 15) is 13.2 Å². The molecule has 132 valence electrons. The van der Waals surface area contributed by atoms with Crippen molar-refractivity contribution in [2.75, 3.05) is 13.1 Å². The maximum atomic E-state index is 12.3. The van der Waals surface area contributed by atoms with Gasteiger partial charge in [0.15, 0.2) is 0 Å². The molecule has 0 saturated heterocycles. The Morgan fingerprint density at radius 2 is 1.74 bits per heavy atom. The zero-order valence-electron chi connectivity index (χ0n) is 13.8. The molecule has 0 fully saturated rings. The van der Waals surface area contributed by atoms with Crippen LogP contribution in [0.25, 0.3) is 0 Å². The monoisotopic (exact) mass is 363 g/mol. The number of halogens is 1. The molecule has 1 aromatic carbocycles. The normalized spacial score (nSPS) is 12.6. The van der Waals surface area contributed by atoms with Crippen LogP contribution >= 0.6 is 12.4 Å². The van der Waals surface area contributed by atoms with E-state index >= 15 is 0 Å². The Kier molecular flexibility index (Phi) is 9.38. The van der Waals surface area contributed by atoms with Gasteiger partial charge in [-0.15, -0.1) is 12.4 Å². The number of carbonyl (C=O) groups is 1. The Hall–Kier alpha value is -1.15. The average Bonchev–Trinajstić information content (AvgIpc) is 2.46. The fourth-order valence-corrected chi connectivity index (χ4v) is 3.52. The van der Waals surface area contributed by atoms with E-state index in [0.29, 0.717) is 19.6 Å². The van der Waals surface area contributed by atoms with Gasteiger partial charge in [-0.05, 0) is 24.6 Å². The molecule has 0 aromatic heterocycles. The van der Waals surface area contributed by atoms with Crippen molar-refractivity contribution in [1.29, 1.82) is 0 Å². The number of carbonyl (C=O) groups excluding carboxylic acids is 1. The maximum Gasteiger partial charge on any atom is 0.243 e. The molecule has 0 radical (unpaired) electrons. The summed E-state index contributed by atoms with van der Waals surface area (Å²) in [5.74, 6) is -0.116. The molecule has 0 aliphatic heterocycles. The second kappa shape index (κ2) is 9.87. The lowest BCUT2D eigenvalue weighted by atomic mass is 10.2. The van der Waals surface area contributed by atoms with Gasteiger partial charge in [-0.1, -0.05) is 26.0 Å². The van der Waals surface area contributed by atoms with Crippen LogP contribution in [0.15, 0.2) is 29.2 Å². The molecule has 0 heterocycles. The first kappa shape index (κ1) is 21.9. The summed E-state index contributed by atoms with van der Waals surface area (Å²) in [7, 11) is -3.44. The summed E-state index contributed by atoms with van der Waals surface area (Å²) in [5, 5.41) is 2.75. The molecule has 0 bridgehead atoms. The van der Waals surface area contributed by atoms with Gasteiger partial charge in [0.25, 0.3) is 0 Å². The van der Waals surface area contributed by atoms with Crippen LogP contribution < -0.4 is 11.1 Å². The number of nitrogens with one attached hydrogen (secondary N) is 1. The van der Waals surface area contributed by atoms with Gasteiger partial charge in [-0.2, -0.15) is 4.31 Å². The number of amides is 1. The Balaban J connectivity index is 0.00000484. The van der Waals surface area contributed by atoms with Gasteiger partial charge < -0.3 is 11.1 Å². The van der Waals surface area contributed by atoms with Crippen LogP contribution in [0.2, 0.25) is 0 Å². The molecule has 1 atom stereocenters. The Labute approximate surface area is 144 Å². The highest BCUT2D eigenvalue weighted by atomic mass is 35.5. The van der Waals surface area contributed by atoms with Gasteiger partial charge in [-0.3, -0.25) is 4.79 Å². The minimum Gasteiger partial charge on any atom is -0.352 e. The van der Waals surface area contributed by atoms with Crippen LogP contribution in [0.3, 0.4) is 0 Å². The number of hydrogen-bond acceptors (Lipinski definition) is 4. The van der Waals surface area contributed by atoms with Gasteiger partial charge in [0.2, 0.25) is 15.9 Å². The summed E-state index contributed by atoms with van der Waals surface area (Å²) in [4.78, 5) is 11.8. The molecule has 23 heavy (non-hydrogen) atoms. The SMILES string of the molecule is CCN(CC)S(=O)(=O)c1ccc(CNC(=O)CC(C)N)cc1.Cl. The van der Waals surface area contributed by atoms with E-state index in [-0.39, 0.29) is 35.7 Å². The van der Waals surface area contributed by atoms with Crippen molar-refractivity contribution in [2.24, 2.45) is 5.73 Å². The first-order chi connectivity index (χ1) is 10.3. The quantitative estimate of drug-likeness (QED) is 0.731. The van der Waals surface area contributed by atoms with Crippen LogP contribution in [0.1, 0.15) is 32.8 Å². The van der Waals surface area contributed by atoms with Gasteiger partial charge in [0.05, 0.1) is 4.90 Å². The van der Waals surface area contributed by atoms with Gasteiger partial charge in [0, 0.05) is 32.1 Å². The van der Waals surface area contributed by atoms with E-state index in [2.05, 4.69) is 5.32 Å². The highest BCUT2D eigenvalue weighted by Crippen LogP contribution is 2.16. The average molecular weight is 364 g/mol. The molecule has 0 aliphatic rings. The van der Waals surface area contributed by atoms with Crippen molar-refractivity contribution in [2.45, 2.75) is 44.7 Å². The lowest BCUT2D eigenvalue weighted by molar-refractivity contribution is -0.121. The number of nitrogens with two attached hydrogens (primary N) is 1. The number of benzene rings is 1. The zero-order chi connectivity index (χ0) is 16.8. The third kappa shape index (κ3) is 6.47. The van der Waals surface area contributed by atoms with Crippen molar-refractivity contribution >= 4 is 28.3 Å². The summed E-state index contributed by atoms with van der Waals surface area (Å²) in [6.07, 6.45) is 0.272. The Morgan fingerprint density at radius 1 is 1.22 bits per heavy atom. The van der Waals surface area contributed by atoms with Crippen LogP contribution in [-0.2, 0) is 21.4 Å². The van der Waals surface area contributed by atoms with Crippen LogP contribution in [0, 0.1) is 0 Å². The molecule has 0 aliphatic carbocycles. The first-order valence-corrected chi connectivity index (χ1v) is 8.86. The van der Waals surface area contributed by atoms with E-state index in [0.717, 1.165) is 5.56 Å². The van der Waals surface area contributed by atoms with Crippen molar-refractivity contribution in [3.8, 4) is 0 Å². The molecular weight excluding hydrogens is 338 g/mol. The number of nitrogens with zero attached hydrogens (tertiary/aromatic N) is 1. The van der Waals surface area contributed by atoms with Gasteiger partial charge >= 0.3 is 0 Å². The lowest BCUT2D eigenvalue weighted by Gasteiger charge is -2.18. The predicted octanol–water partition coefficient (Wildman–Crippen LogP) is 1.49. The topological polar surface area (TPSA) is 92.5 Å². The second-order valence-electron chi connectivity index (χ2n) is 5.19. The molecule has 1 unspecified atom stereocenters. The number of rotatable bonds is 8. The van der Waals surface area contributed by atoms with Crippen molar-refractivity contribution < 1.29 is 13.2 Å². The summed E-state index contributed by atoms with van der Waals surface area (Å²) in [6, 6.07) is 6.38. The van der Waals surface area contributed by atoms with Gasteiger partial charge in [0.1, 0.15) is 0 Å². The minimum absolute atomic E-state index is 0. The highest BCUT2D eigenvalue weighted by molar-refractivity contribution is 7.89. The number of sulfonamides is 1. The number of hydrogen-bond donors (Lipinski definition) is 2. The van der Waals surface area contributed by atoms with E-state index in [1.165, 1.54) is 4.31 Å². The molecule has 6 nitrogen and oxygen atoms in total. The van der Waals surface area contributed by atoms with Crippen molar-refractivity contribution in [1.82, 2.24) is 9.62 Å². The standard InChI is InChI=1S/C15H25N3O3S.ClH/c1-4-18(5-2)22(20,21)14-8-6-13(7-9-14)11-17-15(19)10-12(3)16;/h6-9,12H,4-5,10-11,16H2,1-3H3,(H,17,19);1H. The third-order valence-electron chi connectivity index (χ3n) is 3.26. The molecular formula is C15H26ClN3O3S. The molecule has 1 aromatic rings. The summed E-state index contributed by atoms with van der Waals surface area (Å²) >= 11 is 0. The maximum absolute atomic E-state index is 12.3. The van der Waals surface area contributed by atoms with E-state index < -0.39 is 10.0 Å². The van der Waals surface area contributed by atoms with Crippen LogP contribution in [-0.4, -0.2) is 37.8 Å². The lowest BCUT2D eigenvalue weighted by Crippen LogP contribution is -2.30. The predicted molar refractivity (Wildman–Crippen MR) is 93.9 cm³/mol. The van der Waals surface area contributed by atoms with Crippen molar-refractivity contribution in [3.63, 3.8) is 0 Å². The minimum atomic E-state index is -3.44. The van der Waals surface area contributed by atoms with E-state index in [1.807, 2.05) is 13.8 Å². The smallest absolute Gasteiger partial charge is 0.243 e. The largest absolute Gasteiger partial charge is 0.352 e. The molecule has 8 heteroatoms. The van der Waals surface area contributed by atoms with Crippen LogP contribution in [0.5, 0.6) is 0 Å². The summed E-state index contributed by atoms with van der Waals surface area (Å²) in [5.41, 5.74) is 6.40. The molecule has 3 N–H and O–H groups in total.